The molecule has 0 bridgehead atoms. The van der Waals surface area contributed by atoms with E-state index in [9.17, 15) is 18.0 Å². The van der Waals surface area contributed by atoms with Crippen molar-refractivity contribution in [1.82, 2.24) is 4.90 Å². The van der Waals surface area contributed by atoms with Crippen molar-refractivity contribution in [3.05, 3.63) is 95.6 Å². The molecule has 0 aliphatic heterocycles. The third-order valence-electron chi connectivity index (χ3n) is 4.82. The Morgan fingerprint density at radius 3 is 1.91 bits per heavy atom. The Labute approximate surface area is 192 Å². The van der Waals surface area contributed by atoms with Crippen LogP contribution in [-0.2, 0) is 32.6 Å². The van der Waals surface area contributed by atoms with E-state index in [-0.39, 0.29) is 16.2 Å². The number of benzene rings is 3. The third kappa shape index (κ3) is 6.64. The van der Waals surface area contributed by atoms with Crippen LogP contribution >= 0.6 is 0 Å². The lowest BCUT2D eigenvalue weighted by Gasteiger charge is -2.23. The van der Waals surface area contributed by atoms with E-state index < -0.39 is 28.5 Å². The third-order valence-corrected chi connectivity index (χ3v) is 5.75. The number of ether oxygens (including phenoxy) is 2. The summed E-state index contributed by atoms with van der Waals surface area (Å²) < 4.78 is 33.7. The molecule has 0 aliphatic rings. The maximum absolute atomic E-state index is 12.9. The van der Waals surface area contributed by atoms with Gasteiger partial charge in [-0.2, -0.15) is 0 Å². The molecule has 0 atom stereocenters. The topological polar surface area (TPSA) is 116 Å². The summed E-state index contributed by atoms with van der Waals surface area (Å²) in [4.78, 5) is 26.7. The SMILES string of the molecule is COc1ccc(C(=O)OCC(=O)N(Cc2ccccc2)Cc2ccccc2)cc1S(N)(=O)=O. The minimum Gasteiger partial charge on any atom is -0.495 e. The number of methoxy groups -OCH3 is 1. The molecule has 33 heavy (non-hydrogen) atoms. The van der Waals surface area contributed by atoms with Crippen molar-refractivity contribution in [2.75, 3.05) is 13.7 Å². The Kier molecular flexibility index (Phi) is 7.81. The minimum absolute atomic E-state index is 0.00187. The predicted octanol–water partition coefficient (Wildman–Crippen LogP) is 2.73. The van der Waals surface area contributed by atoms with Gasteiger partial charge in [0.05, 0.1) is 12.7 Å². The molecule has 0 fully saturated rings. The molecule has 9 heteroatoms. The van der Waals surface area contributed by atoms with Crippen LogP contribution in [0.3, 0.4) is 0 Å². The first-order chi connectivity index (χ1) is 15.8. The Morgan fingerprint density at radius 1 is 0.879 bits per heavy atom. The smallest absolute Gasteiger partial charge is 0.338 e. The summed E-state index contributed by atoms with van der Waals surface area (Å²) in [5.41, 5.74) is 1.80. The maximum atomic E-state index is 12.9. The van der Waals surface area contributed by atoms with Crippen molar-refractivity contribution < 1.29 is 27.5 Å². The number of rotatable bonds is 9. The van der Waals surface area contributed by atoms with Crippen LogP contribution in [-0.4, -0.2) is 38.9 Å². The average molecular weight is 469 g/mol. The first-order valence-corrected chi connectivity index (χ1v) is 11.6. The van der Waals surface area contributed by atoms with Crippen LogP contribution in [0.2, 0.25) is 0 Å². The normalized spacial score (nSPS) is 11.0. The van der Waals surface area contributed by atoms with Crippen LogP contribution < -0.4 is 9.88 Å². The fourth-order valence-electron chi connectivity index (χ4n) is 3.17. The molecule has 3 aromatic carbocycles. The fraction of sp³-hybridized carbons (Fsp3) is 0.167. The lowest BCUT2D eigenvalue weighted by Crippen LogP contribution is -2.34. The molecule has 2 N–H and O–H groups in total. The van der Waals surface area contributed by atoms with Gasteiger partial charge in [-0.05, 0) is 29.3 Å². The van der Waals surface area contributed by atoms with Crippen molar-refractivity contribution in [1.29, 1.82) is 0 Å². The van der Waals surface area contributed by atoms with Gasteiger partial charge in [-0.1, -0.05) is 60.7 Å². The van der Waals surface area contributed by atoms with E-state index >= 15 is 0 Å². The number of carbonyl (C=O) groups is 2. The van der Waals surface area contributed by atoms with E-state index in [0.717, 1.165) is 17.2 Å². The van der Waals surface area contributed by atoms with Crippen molar-refractivity contribution in [2.24, 2.45) is 5.14 Å². The summed E-state index contributed by atoms with van der Waals surface area (Å²) in [6.07, 6.45) is 0. The van der Waals surface area contributed by atoms with Crippen LogP contribution in [0.4, 0.5) is 0 Å². The number of amides is 1. The van der Waals surface area contributed by atoms with Gasteiger partial charge in [-0.15, -0.1) is 0 Å². The van der Waals surface area contributed by atoms with Gasteiger partial charge >= 0.3 is 5.97 Å². The summed E-state index contributed by atoms with van der Waals surface area (Å²) in [5, 5.41) is 5.19. The number of nitrogens with zero attached hydrogens (tertiary/aromatic N) is 1. The lowest BCUT2D eigenvalue weighted by atomic mass is 10.1. The molecule has 0 aromatic heterocycles. The number of esters is 1. The number of sulfonamides is 1. The number of carbonyl (C=O) groups excluding carboxylic acids is 2. The molecule has 3 aromatic rings. The molecule has 0 heterocycles. The van der Waals surface area contributed by atoms with Crippen LogP contribution in [0.1, 0.15) is 21.5 Å². The number of primary sulfonamides is 1. The number of hydrogen-bond donors (Lipinski definition) is 1. The van der Waals surface area contributed by atoms with E-state index in [1.807, 2.05) is 60.7 Å². The molecule has 0 saturated heterocycles. The zero-order valence-corrected chi connectivity index (χ0v) is 18.8. The molecule has 1 amide bonds. The molecule has 172 valence electrons. The Balaban J connectivity index is 1.73. The Hall–Kier alpha value is -3.69. The van der Waals surface area contributed by atoms with Crippen molar-refractivity contribution in [3.8, 4) is 5.75 Å². The van der Waals surface area contributed by atoms with Gasteiger partial charge in [0.15, 0.2) is 6.61 Å². The first kappa shape index (κ1) is 24.0. The molecule has 0 aliphatic carbocycles. The molecule has 0 spiro atoms. The van der Waals surface area contributed by atoms with Gasteiger partial charge in [-0.25, -0.2) is 18.4 Å². The van der Waals surface area contributed by atoms with E-state index in [4.69, 9.17) is 14.6 Å². The summed E-state index contributed by atoms with van der Waals surface area (Å²) in [5.74, 6) is -1.24. The van der Waals surface area contributed by atoms with Gasteiger partial charge in [0.2, 0.25) is 10.0 Å². The van der Waals surface area contributed by atoms with E-state index in [2.05, 4.69) is 0 Å². The van der Waals surface area contributed by atoms with Crippen molar-refractivity contribution in [2.45, 2.75) is 18.0 Å². The molecule has 8 nitrogen and oxygen atoms in total. The highest BCUT2D eigenvalue weighted by molar-refractivity contribution is 7.89. The molecule has 0 unspecified atom stereocenters. The van der Waals surface area contributed by atoms with Crippen LogP contribution in [0.5, 0.6) is 5.75 Å². The van der Waals surface area contributed by atoms with Crippen LogP contribution in [0.25, 0.3) is 0 Å². The molecular weight excluding hydrogens is 444 g/mol. The standard InChI is InChI=1S/C24H24N2O6S/c1-31-21-13-12-20(14-22(21)33(25,29)30)24(28)32-17-23(27)26(15-18-8-4-2-5-9-18)16-19-10-6-3-7-11-19/h2-14H,15-17H2,1H3,(H2,25,29,30). The zero-order chi connectivity index (χ0) is 23.8. The van der Waals surface area contributed by atoms with Gasteiger partial charge in [-0.3, -0.25) is 4.79 Å². The summed E-state index contributed by atoms with van der Waals surface area (Å²) in [7, 11) is -2.84. The summed E-state index contributed by atoms with van der Waals surface area (Å²) in [6, 6.07) is 22.6. The largest absolute Gasteiger partial charge is 0.495 e. The Morgan fingerprint density at radius 2 is 1.42 bits per heavy atom. The lowest BCUT2D eigenvalue weighted by molar-refractivity contribution is -0.135. The van der Waals surface area contributed by atoms with Gasteiger partial charge in [0.1, 0.15) is 10.6 Å². The highest BCUT2D eigenvalue weighted by atomic mass is 32.2. The van der Waals surface area contributed by atoms with Crippen molar-refractivity contribution in [3.63, 3.8) is 0 Å². The quantitative estimate of drug-likeness (QED) is 0.483. The maximum Gasteiger partial charge on any atom is 0.338 e. The van der Waals surface area contributed by atoms with Gasteiger partial charge < -0.3 is 14.4 Å². The summed E-state index contributed by atoms with van der Waals surface area (Å²) >= 11 is 0. The number of hydrogen-bond acceptors (Lipinski definition) is 6. The van der Waals surface area contributed by atoms with E-state index in [1.54, 1.807) is 4.90 Å². The average Bonchev–Trinajstić information content (AvgIpc) is 2.82. The molecule has 0 saturated carbocycles. The zero-order valence-electron chi connectivity index (χ0n) is 18.0. The van der Waals surface area contributed by atoms with E-state index in [0.29, 0.717) is 13.1 Å². The monoisotopic (exact) mass is 468 g/mol. The molecule has 3 rings (SSSR count). The van der Waals surface area contributed by atoms with Gasteiger partial charge in [0, 0.05) is 13.1 Å². The van der Waals surface area contributed by atoms with Crippen LogP contribution in [0.15, 0.2) is 83.8 Å². The van der Waals surface area contributed by atoms with Crippen molar-refractivity contribution >= 4 is 21.9 Å². The highest BCUT2D eigenvalue weighted by Crippen LogP contribution is 2.24. The first-order valence-electron chi connectivity index (χ1n) is 10.0. The van der Waals surface area contributed by atoms with E-state index in [1.165, 1.54) is 19.2 Å². The second-order valence-electron chi connectivity index (χ2n) is 7.21. The second kappa shape index (κ2) is 10.8. The summed E-state index contributed by atoms with van der Waals surface area (Å²) in [6.45, 7) is 0.170. The van der Waals surface area contributed by atoms with Gasteiger partial charge in [0.25, 0.3) is 5.91 Å². The molecule has 0 radical (unpaired) electrons. The van der Waals surface area contributed by atoms with Crippen LogP contribution in [0, 0.1) is 0 Å². The second-order valence-corrected chi connectivity index (χ2v) is 8.74. The Bertz CT molecular complexity index is 1170. The minimum atomic E-state index is -4.12. The molecular formula is C24H24N2O6S. The number of nitrogens with two attached hydrogens (primary N) is 1. The highest BCUT2D eigenvalue weighted by Gasteiger charge is 2.21. The predicted molar refractivity (Wildman–Crippen MR) is 122 cm³/mol. The fourth-order valence-corrected chi connectivity index (χ4v) is 3.89.